The number of rotatable bonds is 26. The van der Waals surface area contributed by atoms with Crippen LogP contribution in [0.4, 0.5) is 11.4 Å². The SMILES string of the molecule is C[C@@H](NC(=O)c1cccc(NC2(c3nnc(-c4ccncc4)[nH]3)CCN(C)CC2)c1)c1cccc(OCCCCCCOCCOCCOCCC(=O)Nc2cccc3c2CN(C2CCC(=O)NC2=O)C3=O)c1.Cl. The van der Waals surface area contributed by atoms with Crippen molar-refractivity contribution < 1.29 is 42.9 Å². The number of hydrogen-bond acceptors (Lipinski definition) is 14. The maximum atomic E-state index is 13.6. The van der Waals surface area contributed by atoms with Crippen LogP contribution in [0.15, 0.2) is 91.3 Å². The van der Waals surface area contributed by atoms with Gasteiger partial charge in [-0.25, -0.2) is 0 Å². The highest BCUT2D eigenvalue weighted by atomic mass is 35.5. The van der Waals surface area contributed by atoms with Crippen molar-refractivity contribution in [3.8, 4) is 17.1 Å². The smallest absolute Gasteiger partial charge is 0.255 e. The number of nitrogens with one attached hydrogen (secondary N) is 5. The number of pyridine rings is 1. The summed E-state index contributed by atoms with van der Waals surface area (Å²) in [6, 6.07) is 23.4. The van der Waals surface area contributed by atoms with Crippen LogP contribution < -0.4 is 26.0 Å². The van der Waals surface area contributed by atoms with Crippen molar-refractivity contribution in [3.05, 3.63) is 119 Å². The number of carbonyl (C=O) groups excluding carboxylic acids is 5. The third kappa shape index (κ3) is 14.7. The van der Waals surface area contributed by atoms with Gasteiger partial charge in [0.1, 0.15) is 11.8 Å². The van der Waals surface area contributed by atoms with Gasteiger partial charge in [0.15, 0.2) is 11.6 Å². The number of amides is 5. The van der Waals surface area contributed by atoms with Crippen LogP contribution in [0, 0.1) is 0 Å². The van der Waals surface area contributed by atoms with E-state index >= 15 is 0 Å². The summed E-state index contributed by atoms with van der Waals surface area (Å²) in [5.74, 6) is 0.676. The summed E-state index contributed by atoms with van der Waals surface area (Å²) in [6.45, 7) is 6.98. The van der Waals surface area contributed by atoms with Gasteiger partial charge in [0.25, 0.3) is 11.8 Å². The van der Waals surface area contributed by atoms with Gasteiger partial charge >= 0.3 is 0 Å². The van der Waals surface area contributed by atoms with Gasteiger partial charge in [-0.05, 0) is 113 Å². The van der Waals surface area contributed by atoms with Crippen molar-refractivity contribution in [2.24, 2.45) is 0 Å². The molecule has 5 amide bonds. The Balaban J connectivity index is 0.00000800. The second-order valence-electron chi connectivity index (χ2n) is 18.7. The maximum Gasteiger partial charge on any atom is 0.255 e. The van der Waals surface area contributed by atoms with Crippen molar-refractivity contribution in [2.75, 3.05) is 77.0 Å². The molecule has 8 rings (SSSR count). The molecule has 74 heavy (non-hydrogen) atoms. The summed E-state index contributed by atoms with van der Waals surface area (Å²) >= 11 is 0. The summed E-state index contributed by atoms with van der Waals surface area (Å²) < 4.78 is 23.0. The number of aromatic nitrogens is 4. The number of hydrogen-bond donors (Lipinski definition) is 5. The molecule has 0 radical (unpaired) electrons. The Kier molecular flexibility index (Phi) is 20.0. The third-order valence-electron chi connectivity index (χ3n) is 13.5. The lowest BCUT2D eigenvalue weighted by molar-refractivity contribution is -0.137. The number of benzene rings is 3. The van der Waals surface area contributed by atoms with E-state index in [9.17, 15) is 24.0 Å². The first-order valence-electron chi connectivity index (χ1n) is 25.3. The van der Waals surface area contributed by atoms with E-state index in [-0.39, 0.29) is 74.5 Å². The van der Waals surface area contributed by atoms with Crippen molar-refractivity contribution >= 4 is 53.3 Å². The van der Waals surface area contributed by atoms with E-state index in [1.54, 1.807) is 30.6 Å². The predicted octanol–water partition coefficient (Wildman–Crippen LogP) is 6.59. The van der Waals surface area contributed by atoms with Crippen molar-refractivity contribution in [1.29, 1.82) is 0 Å². The number of carbonyl (C=O) groups is 5. The molecule has 2 fully saturated rings. The molecule has 19 nitrogen and oxygen atoms in total. The molecule has 2 atom stereocenters. The fourth-order valence-corrected chi connectivity index (χ4v) is 9.26. The monoisotopic (exact) mass is 1030 g/mol. The standard InChI is InChI=1S/C54H66N10O9.ClH/c1-37(56-50(67)40-11-7-12-41(34-40)60-54(21-25-63(2)26-22-54)53-59-49(61-62-53)38-18-23-55-24-19-38)39-10-8-13-42(35-39)73-28-6-4-3-5-27-70-30-32-72-33-31-71-29-20-48(66)57-45-15-9-14-43-44(45)36-64(52(43)69)46-16-17-47(65)58-51(46)68;/h7-15,18-19,23-24,34-35,37,46,60H,3-6,16-17,20-22,25-33,36H2,1-2H3,(H,56,67)(H,57,66)(H,58,65,68)(H,59,61,62);1H/t37-,46?;/m1./s1. The fourth-order valence-electron chi connectivity index (χ4n) is 9.26. The summed E-state index contributed by atoms with van der Waals surface area (Å²) in [6.07, 6.45) is 9.53. The Labute approximate surface area is 437 Å². The number of imide groups is 1. The number of likely N-dealkylation sites (tertiary alicyclic amines) is 1. The van der Waals surface area contributed by atoms with Crippen molar-refractivity contribution in [1.82, 2.24) is 40.6 Å². The van der Waals surface area contributed by atoms with Gasteiger partial charge in [0.05, 0.1) is 57.6 Å². The van der Waals surface area contributed by atoms with E-state index < -0.39 is 17.5 Å². The van der Waals surface area contributed by atoms with Crippen LogP contribution in [0.1, 0.15) is 108 Å². The topological polar surface area (TPSA) is 231 Å². The number of anilines is 2. The summed E-state index contributed by atoms with van der Waals surface area (Å²) in [5, 5.41) is 21.1. The van der Waals surface area contributed by atoms with Crippen LogP contribution in [0.5, 0.6) is 5.75 Å². The first-order valence-corrected chi connectivity index (χ1v) is 25.3. The highest BCUT2D eigenvalue weighted by Crippen LogP contribution is 2.36. The number of halogens is 1. The molecule has 2 saturated heterocycles. The Morgan fingerprint density at radius 2 is 1.54 bits per heavy atom. The van der Waals surface area contributed by atoms with E-state index in [1.807, 2.05) is 67.6 Å². The summed E-state index contributed by atoms with van der Waals surface area (Å²) in [7, 11) is 2.12. The van der Waals surface area contributed by atoms with E-state index in [0.29, 0.717) is 67.8 Å². The van der Waals surface area contributed by atoms with Gasteiger partial charge in [-0.1, -0.05) is 30.7 Å². The number of unbranched alkanes of at least 4 members (excludes halogenated alkanes) is 3. The molecule has 0 bridgehead atoms. The van der Waals surface area contributed by atoms with Gasteiger partial charge in [-0.15, -0.1) is 22.6 Å². The summed E-state index contributed by atoms with van der Waals surface area (Å²) in [4.78, 5) is 74.7. The first-order chi connectivity index (χ1) is 35.5. The molecular weight excluding hydrogens is 968 g/mol. The van der Waals surface area contributed by atoms with Crippen molar-refractivity contribution in [2.45, 2.75) is 88.9 Å². The van der Waals surface area contributed by atoms with Crippen LogP contribution in [-0.4, -0.2) is 132 Å². The Morgan fingerprint density at radius 1 is 0.824 bits per heavy atom. The molecule has 3 aromatic carbocycles. The molecule has 1 unspecified atom stereocenters. The zero-order chi connectivity index (χ0) is 51.0. The number of piperidine rings is 2. The zero-order valence-electron chi connectivity index (χ0n) is 42.1. The van der Waals surface area contributed by atoms with Gasteiger partial charge < -0.3 is 49.7 Å². The van der Waals surface area contributed by atoms with Crippen molar-refractivity contribution in [3.63, 3.8) is 0 Å². The molecule has 0 spiro atoms. The van der Waals surface area contributed by atoms with Crippen LogP contribution in [0.25, 0.3) is 11.4 Å². The van der Waals surface area contributed by atoms with E-state index in [0.717, 1.165) is 80.0 Å². The van der Waals surface area contributed by atoms with Crippen LogP contribution in [0.3, 0.4) is 0 Å². The fraction of sp³-hybridized carbons (Fsp3) is 0.444. The highest BCUT2D eigenvalue weighted by molar-refractivity contribution is 6.07. The minimum absolute atomic E-state index is 0. The van der Waals surface area contributed by atoms with E-state index in [4.69, 9.17) is 18.9 Å². The van der Waals surface area contributed by atoms with Crippen LogP contribution in [-0.2, 0) is 40.7 Å². The quantitative estimate of drug-likeness (QED) is 0.0291. The minimum Gasteiger partial charge on any atom is -0.494 e. The van der Waals surface area contributed by atoms with E-state index in [2.05, 4.69) is 53.4 Å². The number of aromatic amines is 1. The minimum atomic E-state index is -0.725. The lowest BCUT2D eigenvalue weighted by Gasteiger charge is -2.40. The average Bonchev–Trinajstić information content (AvgIpc) is 4.04. The van der Waals surface area contributed by atoms with Gasteiger partial charge in [-0.3, -0.25) is 34.3 Å². The lowest BCUT2D eigenvalue weighted by Crippen LogP contribution is -2.52. The largest absolute Gasteiger partial charge is 0.494 e. The second kappa shape index (κ2) is 27.0. The molecule has 5 heterocycles. The highest BCUT2D eigenvalue weighted by Gasteiger charge is 2.41. The molecule has 5 N–H and O–H groups in total. The number of H-pyrrole nitrogens is 1. The average molecular weight is 1040 g/mol. The Hall–Kier alpha value is -6.77. The lowest BCUT2D eigenvalue weighted by atomic mass is 9.86. The molecule has 3 aliphatic rings. The number of nitrogens with zero attached hydrogens (tertiary/aromatic N) is 5. The number of ether oxygens (including phenoxy) is 4. The Morgan fingerprint density at radius 3 is 2.31 bits per heavy atom. The molecular formula is C54H67ClN10O9. The molecule has 20 heteroatoms. The molecule has 0 saturated carbocycles. The first kappa shape index (κ1) is 55.0. The van der Waals surface area contributed by atoms with E-state index in [1.165, 1.54) is 4.90 Å². The zero-order valence-corrected chi connectivity index (χ0v) is 42.9. The second-order valence-corrected chi connectivity index (χ2v) is 18.7. The molecule has 3 aliphatic heterocycles. The van der Waals surface area contributed by atoms with Gasteiger partial charge in [0.2, 0.25) is 17.7 Å². The predicted molar refractivity (Wildman–Crippen MR) is 280 cm³/mol. The maximum absolute atomic E-state index is 13.6. The normalized spacial score (nSPS) is 16.7. The van der Waals surface area contributed by atoms with Gasteiger partial charge in [0, 0.05) is 78.7 Å². The number of fused-ring (bicyclic) bond motifs is 1. The third-order valence-corrected chi connectivity index (χ3v) is 13.5. The van der Waals surface area contributed by atoms with Crippen LogP contribution in [0.2, 0.25) is 0 Å². The molecule has 394 valence electrons. The van der Waals surface area contributed by atoms with Gasteiger partial charge in [-0.2, -0.15) is 0 Å². The summed E-state index contributed by atoms with van der Waals surface area (Å²) in [5.41, 5.74) is 4.37. The Bertz CT molecular complexity index is 2680. The molecule has 0 aliphatic carbocycles. The molecule has 2 aromatic heterocycles. The van der Waals surface area contributed by atoms with Crippen LogP contribution >= 0.6 is 12.4 Å². The molecule has 5 aromatic rings.